The number of halogens is 1. The summed E-state index contributed by atoms with van der Waals surface area (Å²) in [6.07, 6.45) is 2.16. The van der Waals surface area contributed by atoms with E-state index < -0.39 is 0 Å². The van der Waals surface area contributed by atoms with E-state index in [0.717, 1.165) is 24.9 Å². The molecule has 2 rings (SSSR count). The molecule has 0 amide bonds. The average Bonchev–Trinajstić information content (AvgIpc) is 2.22. The van der Waals surface area contributed by atoms with Crippen LogP contribution in [0.1, 0.15) is 46.1 Å². The van der Waals surface area contributed by atoms with Gasteiger partial charge in [0.1, 0.15) is 5.82 Å². The van der Waals surface area contributed by atoms with E-state index in [2.05, 4.69) is 33.0 Å². The van der Waals surface area contributed by atoms with E-state index in [1.807, 2.05) is 12.1 Å². The lowest BCUT2D eigenvalue weighted by atomic mass is 9.59. The fourth-order valence-corrected chi connectivity index (χ4v) is 3.06. The molecule has 18 heavy (non-hydrogen) atoms. The third-order valence-corrected chi connectivity index (χ3v) is 3.88. The number of nitrogens with one attached hydrogen (secondary N) is 1. The van der Waals surface area contributed by atoms with E-state index >= 15 is 0 Å². The van der Waals surface area contributed by atoms with Crippen molar-refractivity contribution >= 4 is 0 Å². The maximum Gasteiger partial charge on any atom is 0.127 e. The first-order valence-electron chi connectivity index (χ1n) is 6.82. The van der Waals surface area contributed by atoms with Gasteiger partial charge in [0.15, 0.2) is 0 Å². The zero-order chi connectivity index (χ0) is 13.4. The molecule has 1 N–H and O–H groups in total. The highest BCUT2D eigenvalue weighted by molar-refractivity contribution is 5.31. The van der Waals surface area contributed by atoms with Crippen LogP contribution in [0.5, 0.6) is 0 Å². The van der Waals surface area contributed by atoms with Crippen molar-refractivity contribution in [3.63, 3.8) is 0 Å². The molecule has 0 unspecified atom stereocenters. The molecule has 0 bridgehead atoms. The van der Waals surface area contributed by atoms with Crippen molar-refractivity contribution in [1.29, 1.82) is 0 Å². The lowest BCUT2D eigenvalue weighted by molar-refractivity contribution is 0.137. The van der Waals surface area contributed by atoms with Gasteiger partial charge in [-0.1, -0.05) is 25.1 Å². The third kappa shape index (κ3) is 2.74. The molecule has 1 fully saturated rings. The number of hydrogen-bond donors (Lipinski definition) is 1. The molecule has 100 valence electrons. The van der Waals surface area contributed by atoms with Gasteiger partial charge in [-0.3, -0.25) is 0 Å². The first kappa shape index (κ1) is 13.5. The topological polar surface area (TPSA) is 12.0 Å². The second-order valence-corrected chi connectivity index (χ2v) is 6.88. The molecule has 0 heterocycles. The van der Waals surface area contributed by atoms with E-state index in [1.54, 1.807) is 12.1 Å². The minimum Gasteiger partial charge on any atom is -0.311 e. The summed E-state index contributed by atoms with van der Waals surface area (Å²) in [5, 5.41) is 3.54. The van der Waals surface area contributed by atoms with Gasteiger partial charge in [0.25, 0.3) is 0 Å². The van der Waals surface area contributed by atoms with Crippen molar-refractivity contribution in [2.45, 2.75) is 51.5 Å². The molecule has 1 aromatic carbocycles. The predicted octanol–water partition coefficient (Wildman–Crippen LogP) is 3.88. The minimum atomic E-state index is -0.0555. The Morgan fingerprint density at radius 1 is 1.28 bits per heavy atom. The molecule has 1 aliphatic carbocycles. The molecular formula is C16H24FN. The molecule has 1 aliphatic rings. The van der Waals surface area contributed by atoms with Gasteiger partial charge in [-0.05, 0) is 51.2 Å². The summed E-state index contributed by atoms with van der Waals surface area (Å²) >= 11 is 0. The van der Waals surface area contributed by atoms with Crippen LogP contribution in [0.3, 0.4) is 0 Å². The summed E-state index contributed by atoms with van der Waals surface area (Å²) < 4.78 is 14.0. The van der Waals surface area contributed by atoms with Crippen LogP contribution in [0.4, 0.5) is 4.39 Å². The van der Waals surface area contributed by atoms with Gasteiger partial charge in [-0.25, -0.2) is 4.39 Å². The Balaban J connectivity index is 2.21. The number of benzene rings is 1. The van der Waals surface area contributed by atoms with Crippen LogP contribution in [0.25, 0.3) is 0 Å². The van der Waals surface area contributed by atoms with Crippen LogP contribution < -0.4 is 5.32 Å². The Morgan fingerprint density at radius 2 is 1.89 bits per heavy atom. The molecule has 1 nitrogen and oxygen atoms in total. The van der Waals surface area contributed by atoms with Gasteiger partial charge in [0.2, 0.25) is 0 Å². The Kier molecular flexibility index (Phi) is 3.50. The summed E-state index contributed by atoms with van der Waals surface area (Å²) in [6, 6.07) is 7.24. The first-order chi connectivity index (χ1) is 8.32. The van der Waals surface area contributed by atoms with Crippen LogP contribution in [-0.4, -0.2) is 12.1 Å². The van der Waals surface area contributed by atoms with E-state index in [1.165, 1.54) is 0 Å². The zero-order valence-corrected chi connectivity index (χ0v) is 11.9. The first-order valence-corrected chi connectivity index (χ1v) is 6.82. The Labute approximate surface area is 110 Å². The molecule has 0 radical (unpaired) electrons. The van der Waals surface area contributed by atoms with Crippen molar-refractivity contribution in [3.05, 3.63) is 35.6 Å². The second-order valence-electron chi connectivity index (χ2n) is 6.88. The molecule has 0 aromatic heterocycles. The predicted molar refractivity (Wildman–Crippen MR) is 74.2 cm³/mol. The summed E-state index contributed by atoms with van der Waals surface area (Å²) in [7, 11) is 0. The molecule has 0 spiro atoms. The van der Waals surface area contributed by atoms with Gasteiger partial charge in [0.05, 0.1) is 0 Å². The summed E-state index contributed by atoms with van der Waals surface area (Å²) in [4.78, 5) is 0. The SMILES string of the molecule is CC1CC(CNC(C)(C)C)(c2ccccc2F)C1. The summed E-state index contributed by atoms with van der Waals surface area (Å²) in [6.45, 7) is 9.58. The number of rotatable bonds is 3. The monoisotopic (exact) mass is 249 g/mol. The van der Waals surface area contributed by atoms with Crippen molar-refractivity contribution < 1.29 is 4.39 Å². The van der Waals surface area contributed by atoms with Gasteiger partial charge >= 0.3 is 0 Å². The highest BCUT2D eigenvalue weighted by atomic mass is 19.1. The highest BCUT2D eigenvalue weighted by Gasteiger charge is 2.44. The Hall–Kier alpha value is -0.890. The Bertz CT molecular complexity index is 413. The van der Waals surface area contributed by atoms with Crippen LogP contribution in [0, 0.1) is 11.7 Å². The largest absolute Gasteiger partial charge is 0.311 e. The summed E-state index contributed by atoms with van der Waals surface area (Å²) in [5.41, 5.74) is 0.967. The quantitative estimate of drug-likeness (QED) is 0.857. The summed E-state index contributed by atoms with van der Waals surface area (Å²) in [5.74, 6) is 0.645. The van der Waals surface area contributed by atoms with E-state index in [4.69, 9.17) is 0 Å². The van der Waals surface area contributed by atoms with Gasteiger partial charge in [-0.2, -0.15) is 0 Å². The van der Waals surface area contributed by atoms with Crippen LogP contribution in [0.2, 0.25) is 0 Å². The third-order valence-electron chi connectivity index (χ3n) is 3.88. The van der Waals surface area contributed by atoms with Crippen molar-refractivity contribution in [3.8, 4) is 0 Å². The fourth-order valence-electron chi connectivity index (χ4n) is 3.06. The van der Waals surface area contributed by atoms with E-state index in [0.29, 0.717) is 5.92 Å². The zero-order valence-electron chi connectivity index (χ0n) is 11.9. The smallest absolute Gasteiger partial charge is 0.127 e. The molecule has 0 atom stereocenters. The second kappa shape index (κ2) is 4.65. The lowest BCUT2D eigenvalue weighted by Crippen LogP contribution is -2.52. The normalized spacial score (nSPS) is 27.9. The number of hydrogen-bond acceptors (Lipinski definition) is 1. The molecule has 0 aliphatic heterocycles. The molecule has 1 aromatic rings. The molecule has 2 heteroatoms. The van der Waals surface area contributed by atoms with Crippen molar-refractivity contribution in [2.24, 2.45) is 5.92 Å². The van der Waals surface area contributed by atoms with Gasteiger partial charge in [0, 0.05) is 17.5 Å². The molecule has 0 saturated heterocycles. The Morgan fingerprint density at radius 3 is 2.39 bits per heavy atom. The maximum absolute atomic E-state index is 14.0. The molecule has 1 saturated carbocycles. The molecular weight excluding hydrogens is 225 g/mol. The van der Waals surface area contributed by atoms with E-state index in [-0.39, 0.29) is 16.8 Å². The minimum absolute atomic E-state index is 0.00194. The standard InChI is InChI=1S/C16H24FN/c1-12-9-16(10-12,11-18-15(2,3)4)13-7-5-6-8-14(13)17/h5-8,12,18H,9-11H2,1-4H3. The highest BCUT2D eigenvalue weighted by Crippen LogP contribution is 2.48. The van der Waals surface area contributed by atoms with Crippen molar-refractivity contribution in [2.75, 3.05) is 6.54 Å². The average molecular weight is 249 g/mol. The van der Waals surface area contributed by atoms with E-state index in [9.17, 15) is 4.39 Å². The lowest BCUT2D eigenvalue weighted by Gasteiger charge is -2.48. The fraction of sp³-hybridized carbons (Fsp3) is 0.625. The van der Waals surface area contributed by atoms with Gasteiger partial charge < -0.3 is 5.32 Å². The van der Waals surface area contributed by atoms with Crippen LogP contribution in [0.15, 0.2) is 24.3 Å². The van der Waals surface area contributed by atoms with Crippen LogP contribution >= 0.6 is 0 Å². The van der Waals surface area contributed by atoms with Crippen LogP contribution in [-0.2, 0) is 5.41 Å². The van der Waals surface area contributed by atoms with Crippen molar-refractivity contribution in [1.82, 2.24) is 5.32 Å². The van der Waals surface area contributed by atoms with Gasteiger partial charge in [-0.15, -0.1) is 0 Å². The maximum atomic E-state index is 14.0.